The molecule has 1 aromatic carbocycles. The predicted molar refractivity (Wildman–Crippen MR) is 80.4 cm³/mol. The molecular formula is C14H17ClN2O2S. The molecule has 1 heterocycles. The van der Waals surface area contributed by atoms with Crippen LogP contribution in [0.5, 0.6) is 0 Å². The topological polar surface area (TPSA) is 52.0 Å². The van der Waals surface area contributed by atoms with Gasteiger partial charge >= 0.3 is 0 Å². The molecule has 0 radical (unpaired) electrons. The fourth-order valence-electron chi connectivity index (χ4n) is 2.00. The number of hydrogen-bond acceptors (Lipinski definition) is 3. The van der Waals surface area contributed by atoms with Crippen molar-refractivity contribution in [2.75, 3.05) is 0 Å². The number of rotatable bonds is 5. The van der Waals surface area contributed by atoms with Gasteiger partial charge in [-0.15, -0.1) is 0 Å². The second-order valence-electron chi connectivity index (χ2n) is 4.73. The second-order valence-corrected chi connectivity index (χ2v) is 7.20. The molecule has 0 aliphatic carbocycles. The molecule has 108 valence electrons. The molecule has 0 saturated heterocycles. The number of halogens is 1. The van der Waals surface area contributed by atoms with Crippen molar-refractivity contribution in [3.63, 3.8) is 0 Å². The van der Waals surface area contributed by atoms with Crippen LogP contribution in [0.3, 0.4) is 0 Å². The zero-order chi connectivity index (χ0) is 14.8. The third kappa shape index (κ3) is 3.61. The predicted octanol–water partition coefficient (Wildman–Crippen LogP) is 2.98. The Morgan fingerprint density at radius 2 is 2.00 bits per heavy atom. The molecule has 2 aromatic rings. The molecule has 0 unspecified atom stereocenters. The molecule has 20 heavy (non-hydrogen) atoms. The lowest BCUT2D eigenvalue weighted by atomic mass is 10.1. The van der Waals surface area contributed by atoms with Crippen molar-refractivity contribution in [1.29, 1.82) is 0 Å². The Labute approximate surface area is 124 Å². The lowest BCUT2D eigenvalue weighted by Gasteiger charge is -2.08. The van der Waals surface area contributed by atoms with Gasteiger partial charge in [0, 0.05) is 17.8 Å². The maximum absolute atomic E-state index is 12.3. The highest BCUT2D eigenvalue weighted by molar-refractivity contribution is 7.89. The summed E-state index contributed by atoms with van der Waals surface area (Å²) < 4.78 is 26.2. The number of nitrogens with zero attached hydrogens (tertiary/aromatic N) is 2. The van der Waals surface area contributed by atoms with Gasteiger partial charge in [-0.3, -0.25) is 4.68 Å². The highest BCUT2D eigenvalue weighted by Gasteiger charge is 2.18. The molecule has 0 atom stereocenters. The van der Waals surface area contributed by atoms with E-state index in [9.17, 15) is 8.42 Å². The summed E-state index contributed by atoms with van der Waals surface area (Å²) in [6.45, 7) is 4.55. The van der Waals surface area contributed by atoms with E-state index >= 15 is 0 Å². The lowest BCUT2D eigenvalue weighted by Crippen LogP contribution is -2.10. The van der Waals surface area contributed by atoms with Gasteiger partial charge in [0.15, 0.2) is 9.84 Å². The van der Waals surface area contributed by atoms with Gasteiger partial charge in [-0.1, -0.05) is 23.7 Å². The van der Waals surface area contributed by atoms with Gasteiger partial charge < -0.3 is 0 Å². The fraction of sp³-hybridized carbons (Fsp3) is 0.357. The minimum atomic E-state index is -3.29. The molecule has 0 amide bonds. The van der Waals surface area contributed by atoms with Crippen LogP contribution >= 0.6 is 11.6 Å². The van der Waals surface area contributed by atoms with E-state index in [1.165, 1.54) is 0 Å². The first-order chi connectivity index (χ1) is 9.41. The zero-order valence-electron chi connectivity index (χ0n) is 11.5. The Morgan fingerprint density at radius 3 is 2.60 bits per heavy atom. The summed E-state index contributed by atoms with van der Waals surface area (Å²) in [4.78, 5) is 0. The van der Waals surface area contributed by atoms with Crippen molar-refractivity contribution < 1.29 is 8.42 Å². The summed E-state index contributed by atoms with van der Waals surface area (Å²) in [5.74, 6) is -0.123. The summed E-state index contributed by atoms with van der Waals surface area (Å²) in [6, 6.07) is 7.13. The van der Waals surface area contributed by atoms with E-state index in [4.69, 9.17) is 11.6 Å². The van der Waals surface area contributed by atoms with Crippen LogP contribution in [0.4, 0.5) is 0 Å². The van der Waals surface area contributed by atoms with E-state index in [-0.39, 0.29) is 11.5 Å². The Kier molecular flexibility index (Phi) is 4.50. The van der Waals surface area contributed by atoms with Gasteiger partial charge in [0.25, 0.3) is 0 Å². The van der Waals surface area contributed by atoms with Crippen molar-refractivity contribution in [2.24, 2.45) is 0 Å². The fourth-order valence-corrected chi connectivity index (χ4v) is 3.90. The first kappa shape index (κ1) is 15.1. The summed E-state index contributed by atoms with van der Waals surface area (Å²) in [6.07, 6.45) is 1.78. The van der Waals surface area contributed by atoms with Crippen LogP contribution in [-0.4, -0.2) is 18.2 Å². The number of sulfone groups is 1. The highest BCUT2D eigenvalue weighted by Crippen LogP contribution is 2.23. The zero-order valence-corrected chi connectivity index (χ0v) is 13.1. The van der Waals surface area contributed by atoms with Gasteiger partial charge in [0.05, 0.1) is 17.2 Å². The molecular weight excluding hydrogens is 296 g/mol. The number of aryl methyl sites for hydroxylation is 2. The van der Waals surface area contributed by atoms with Gasteiger partial charge in [-0.2, -0.15) is 5.10 Å². The van der Waals surface area contributed by atoms with Crippen LogP contribution in [-0.2, 0) is 27.9 Å². The quantitative estimate of drug-likeness (QED) is 0.853. The van der Waals surface area contributed by atoms with E-state index in [1.54, 1.807) is 23.0 Å². The number of aromatic nitrogens is 2. The minimum Gasteiger partial charge on any atom is -0.273 e. The van der Waals surface area contributed by atoms with Crippen LogP contribution in [0.15, 0.2) is 30.5 Å². The van der Waals surface area contributed by atoms with Gasteiger partial charge in [-0.05, 0) is 37.1 Å². The maximum atomic E-state index is 12.3. The van der Waals surface area contributed by atoms with Crippen LogP contribution in [0, 0.1) is 6.92 Å². The lowest BCUT2D eigenvalue weighted by molar-refractivity contribution is 0.591. The first-order valence-electron chi connectivity index (χ1n) is 6.38. The van der Waals surface area contributed by atoms with E-state index in [2.05, 4.69) is 5.10 Å². The van der Waals surface area contributed by atoms with E-state index in [1.807, 2.05) is 26.0 Å². The minimum absolute atomic E-state index is 0.0580. The summed E-state index contributed by atoms with van der Waals surface area (Å²) >= 11 is 6.08. The summed E-state index contributed by atoms with van der Waals surface area (Å²) in [7, 11) is -3.29. The monoisotopic (exact) mass is 312 g/mol. The van der Waals surface area contributed by atoms with E-state index < -0.39 is 9.84 Å². The summed E-state index contributed by atoms with van der Waals surface area (Å²) in [5.41, 5.74) is 2.13. The molecule has 0 saturated carbocycles. The Hall–Kier alpha value is -1.33. The smallest absolute Gasteiger partial charge is 0.160 e. The molecule has 0 aliphatic heterocycles. The standard InChI is InChI=1S/C14H17ClN2O2S/c1-3-17-8-7-12(16-17)9-20(18,19)10-13-11(2)5-4-6-14(13)15/h4-8H,3,9-10H2,1-2H3. The van der Waals surface area contributed by atoms with Crippen LogP contribution < -0.4 is 0 Å². The van der Waals surface area contributed by atoms with Crippen molar-refractivity contribution >= 4 is 21.4 Å². The average Bonchev–Trinajstić information content (AvgIpc) is 2.81. The van der Waals surface area contributed by atoms with E-state index in [0.717, 1.165) is 12.1 Å². The van der Waals surface area contributed by atoms with Gasteiger partial charge in [0.2, 0.25) is 0 Å². The maximum Gasteiger partial charge on any atom is 0.160 e. The first-order valence-corrected chi connectivity index (χ1v) is 8.58. The SMILES string of the molecule is CCn1ccc(CS(=O)(=O)Cc2c(C)cccc2Cl)n1. The largest absolute Gasteiger partial charge is 0.273 e. The highest BCUT2D eigenvalue weighted by atomic mass is 35.5. The Bertz CT molecular complexity index is 687. The van der Waals surface area contributed by atoms with Gasteiger partial charge in [0.1, 0.15) is 0 Å². The van der Waals surface area contributed by atoms with E-state index in [0.29, 0.717) is 16.3 Å². The number of benzene rings is 1. The Morgan fingerprint density at radius 1 is 1.25 bits per heavy atom. The summed E-state index contributed by atoms with van der Waals surface area (Å²) in [5, 5.41) is 4.70. The molecule has 0 bridgehead atoms. The van der Waals surface area contributed by atoms with Crippen molar-refractivity contribution in [3.8, 4) is 0 Å². The molecule has 6 heteroatoms. The third-order valence-electron chi connectivity index (χ3n) is 3.11. The van der Waals surface area contributed by atoms with Crippen LogP contribution in [0.25, 0.3) is 0 Å². The van der Waals surface area contributed by atoms with Crippen molar-refractivity contribution in [3.05, 3.63) is 52.3 Å². The molecule has 4 nitrogen and oxygen atoms in total. The van der Waals surface area contributed by atoms with Gasteiger partial charge in [-0.25, -0.2) is 8.42 Å². The van der Waals surface area contributed by atoms with Crippen molar-refractivity contribution in [2.45, 2.75) is 31.9 Å². The molecule has 0 spiro atoms. The Balaban J connectivity index is 2.19. The molecule has 1 aromatic heterocycles. The second kappa shape index (κ2) is 5.97. The van der Waals surface area contributed by atoms with Crippen molar-refractivity contribution in [1.82, 2.24) is 9.78 Å². The van der Waals surface area contributed by atoms with Crippen LogP contribution in [0.2, 0.25) is 5.02 Å². The molecule has 0 aliphatic rings. The normalized spacial score (nSPS) is 11.8. The molecule has 0 fully saturated rings. The van der Waals surface area contributed by atoms with Crippen LogP contribution in [0.1, 0.15) is 23.7 Å². The number of hydrogen-bond donors (Lipinski definition) is 0. The molecule has 2 rings (SSSR count). The average molecular weight is 313 g/mol. The third-order valence-corrected chi connectivity index (χ3v) is 4.92. The molecule has 0 N–H and O–H groups in total.